The van der Waals surface area contributed by atoms with Crippen LogP contribution in [0.15, 0.2) is 24.3 Å². The Balaban J connectivity index is 0.00000312. The molecule has 25 heavy (non-hydrogen) atoms. The average molecular weight is 375 g/mol. The van der Waals surface area contributed by atoms with Crippen molar-refractivity contribution < 1.29 is 23.5 Å². The summed E-state index contributed by atoms with van der Waals surface area (Å²) < 4.78 is 23.4. The van der Waals surface area contributed by atoms with E-state index < -0.39 is 12.0 Å². The van der Waals surface area contributed by atoms with Crippen molar-refractivity contribution in [1.82, 2.24) is 10.6 Å². The number of halogens is 2. The lowest BCUT2D eigenvalue weighted by atomic mass is 10.0. The van der Waals surface area contributed by atoms with Gasteiger partial charge in [0.25, 0.3) is 0 Å². The first-order chi connectivity index (χ1) is 11.6. The highest BCUT2D eigenvalue weighted by molar-refractivity contribution is 5.85. The van der Waals surface area contributed by atoms with E-state index in [2.05, 4.69) is 10.6 Å². The van der Waals surface area contributed by atoms with Gasteiger partial charge in [0.1, 0.15) is 5.82 Å². The number of hydrogen-bond donors (Lipinski definition) is 2. The van der Waals surface area contributed by atoms with E-state index in [1.54, 1.807) is 19.1 Å². The summed E-state index contributed by atoms with van der Waals surface area (Å²) in [4.78, 5) is 24.1. The number of amides is 1. The zero-order valence-electron chi connectivity index (χ0n) is 14.1. The summed E-state index contributed by atoms with van der Waals surface area (Å²) in [6, 6.07) is 5.12. The molecule has 1 amide bonds. The lowest BCUT2D eigenvalue weighted by Crippen LogP contribution is -2.44. The zero-order valence-corrected chi connectivity index (χ0v) is 14.9. The van der Waals surface area contributed by atoms with Gasteiger partial charge in [-0.15, -0.1) is 12.4 Å². The number of morpholine rings is 1. The van der Waals surface area contributed by atoms with Crippen LogP contribution in [-0.4, -0.2) is 44.3 Å². The van der Waals surface area contributed by atoms with E-state index in [-0.39, 0.29) is 49.6 Å². The van der Waals surface area contributed by atoms with Crippen molar-refractivity contribution in [2.24, 2.45) is 0 Å². The molecule has 140 valence electrons. The fraction of sp³-hybridized carbons (Fsp3) is 0.529. The average Bonchev–Trinajstić information content (AvgIpc) is 2.56. The minimum absolute atomic E-state index is 0. The Kier molecular flexibility index (Phi) is 9.41. The van der Waals surface area contributed by atoms with Crippen molar-refractivity contribution in [3.8, 4) is 0 Å². The molecule has 2 N–H and O–H groups in total. The molecule has 1 aliphatic heterocycles. The van der Waals surface area contributed by atoms with Crippen molar-refractivity contribution in [3.05, 3.63) is 35.6 Å². The quantitative estimate of drug-likeness (QED) is 0.711. The number of carbonyl (C=O) groups excluding carboxylic acids is 2. The predicted molar refractivity (Wildman–Crippen MR) is 93.0 cm³/mol. The topological polar surface area (TPSA) is 76.7 Å². The maximum atomic E-state index is 13.1. The number of nitrogens with one attached hydrogen (secondary N) is 2. The predicted octanol–water partition coefficient (Wildman–Crippen LogP) is 1.74. The van der Waals surface area contributed by atoms with Crippen LogP contribution >= 0.6 is 12.4 Å². The minimum atomic E-state index is -0.554. The van der Waals surface area contributed by atoms with Crippen LogP contribution in [0.25, 0.3) is 0 Å². The van der Waals surface area contributed by atoms with Gasteiger partial charge in [-0.05, 0) is 24.6 Å². The van der Waals surface area contributed by atoms with Crippen molar-refractivity contribution in [3.63, 3.8) is 0 Å². The summed E-state index contributed by atoms with van der Waals surface area (Å²) in [6.45, 7) is 3.82. The van der Waals surface area contributed by atoms with Gasteiger partial charge in [-0.1, -0.05) is 12.1 Å². The molecule has 1 heterocycles. The summed E-state index contributed by atoms with van der Waals surface area (Å²) >= 11 is 0. The first-order valence-corrected chi connectivity index (χ1v) is 8.10. The van der Waals surface area contributed by atoms with E-state index in [9.17, 15) is 14.0 Å². The van der Waals surface area contributed by atoms with Crippen LogP contribution in [0.4, 0.5) is 4.39 Å². The smallest absolute Gasteiger partial charge is 0.308 e. The lowest BCUT2D eigenvalue weighted by molar-refractivity contribution is -0.143. The maximum Gasteiger partial charge on any atom is 0.308 e. The Labute approximate surface area is 152 Å². The van der Waals surface area contributed by atoms with Gasteiger partial charge < -0.3 is 20.1 Å². The Morgan fingerprint density at radius 2 is 2.12 bits per heavy atom. The van der Waals surface area contributed by atoms with Crippen LogP contribution in [0.3, 0.4) is 0 Å². The first-order valence-electron chi connectivity index (χ1n) is 8.10. The molecule has 0 aromatic heterocycles. The summed E-state index contributed by atoms with van der Waals surface area (Å²) in [7, 11) is 0. The number of rotatable bonds is 7. The monoisotopic (exact) mass is 374 g/mol. The number of esters is 1. The molecule has 0 aliphatic carbocycles. The Morgan fingerprint density at radius 3 is 2.72 bits per heavy atom. The van der Waals surface area contributed by atoms with E-state index in [4.69, 9.17) is 9.47 Å². The molecule has 0 spiro atoms. The molecule has 1 fully saturated rings. The van der Waals surface area contributed by atoms with Gasteiger partial charge >= 0.3 is 5.97 Å². The standard InChI is InChI=1S/C17H23FN2O4.ClH/c1-2-24-17(22)10-15(12-3-5-13(18)6-4-12)20-16(21)9-14-11-23-8-7-19-14;/h3-6,14-15,19H,2,7-11H2,1H3,(H,20,21);1H. The van der Waals surface area contributed by atoms with Gasteiger partial charge in [0.15, 0.2) is 0 Å². The van der Waals surface area contributed by atoms with Gasteiger partial charge in [0.2, 0.25) is 5.91 Å². The zero-order chi connectivity index (χ0) is 17.4. The van der Waals surface area contributed by atoms with E-state index in [0.717, 1.165) is 0 Å². The van der Waals surface area contributed by atoms with Crippen LogP contribution in [-0.2, 0) is 19.1 Å². The normalized spacial score (nSPS) is 17.9. The Bertz CT molecular complexity index is 550. The minimum Gasteiger partial charge on any atom is -0.466 e. The molecule has 2 unspecified atom stereocenters. The molecule has 1 aromatic rings. The second-order valence-electron chi connectivity index (χ2n) is 5.61. The second-order valence-corrected chi connectivity index (χ2v) is 5.61. The molecule has 1 aromatic carbocycles. The molecule has 0 bridgehead atoms. The highest BCUT2D eigenvalue weighted by atomic mass is 35.5. The molecule has 2 atom stereocenters. The highest BCUT2D eigenvalue weighted by Gasteiger charge is 2.22. The third-order valence-corrected chi connectivity index (χ3v) is 3.71. The highest BCUT2D eigenvalue weighted by Crippen LogP contribution is 2.18. The van der Waals surface area contributed by atoms with Crippen molar-refractivity contribution in [2.45, 2.75) is 31.8 Å². The van der Waals surface area contributed by atoms with Gasteiger partial charge in [-0.25, -0.2) is 4.39 Å². The summed E-state index contributed by atoms with van der Waals surface area (Å²) in [6.07, 6.45) is 0.250. The Hall–Kier alpha value is -1.70. The summed E-state index contributed by atoms with van der Waals surface area (Å²) in [5.74, 6) is -0.980. The third kappa shape index (κ3) is 7.37. The molecular formula is C17H24ClFN2O4. The molecule has 0 saturated carbocycles. The molecule has 2 rings (SSSR count). The molecule has 6 nitrogen and oxygen atoms in total. The van der Waals surface area contributed by atoms with Gasteiger partial charge in [-0.3, -0.25) is 9.59 Å². The molecule has 0 radical (unpaired) electrons. The SMILES string of the molecule is CCOC(=O)CC(NC(=O)CC1COCCN1)c1ccc(F)cc1.Cl. The van der Waals surface area contributed by atoms with Crippen LogP contribution in [0.1, 0.15) is 31.4 Å². The fourth-order valence-corrected chi connectivity index (χ4v) is 2.56. The summed E-state index contributed by atoms with van der Waals surface area (Å²) in [5.41, 5.74) is 0.658. The lowest BCUT2D eigenvalue weighted by Gasteiger charge is -2.25. The molecular weight excluding hydrogens is 351 g/mol. The number of benzene rings is 1. The van der Waals surface area contributed by atoms with Gasteiger partial charge in [0, 0.05) is 19.0 Å². The summed E-state index contributed by atoms with van der Waals surface area (Å²) in [5, 5.41) is 6.04. The number of carbonyl (C=O) groups is 2. The molecule has 1 aliphatic rings. The van der Waals surface area contributed by atoms with E-state index in [1.165, 1.54) is 12.1 Å². The van der Waals surface area contributed by atoms with Gasteiger partial charge in [0.05, 0.1) is 32.3 Å². The first kappa shape index (κ1) is 21.3. The third-order valence-electron chi connectivity index (χ3n) is 3.71. The van der Waals surface area contributed by atoms with E-state index in [1.807, 2.05) is 0 Å². The van der Waals surface area contributed by atoms with Gasteiger partial charge in [-0.2, -0.15) is 0 Å². The maximum absolute atomic E-state index is 13.1. The van der Waals surface area contributed by atoms with E-state index in [0.29, 0.717) is 25.3 Å². The van der Waals surface area contributed by atoms with Crippen LogP contribution < -0.4 is 10.6 Å². The van der Waals surface area contributed by atoms with Crippen LogP contribution in [0, 0.1) is 5.82 Å². The van der Waals surface area contributed by atoms with Crippen molar-refractivity contribution >= 4 is 24.3 Å². The molecule has 8 heteroatoms. The van der Waals surface area contributed by atoms with Crippen molar-refractivity contribution in [2.75, 3.05) is 26.4 Å². The number of hydrogen-bond acceptors (Lipinski definition) is 5. The van der Waals surface area contributed by atoms with E-state index >= 15 is 0 Å². The van der Waals surface area contributed by atoms with Crippen LogP contribution in [0.5, 0.6) is 0 Å². The Morgan fingerprint density at radius 1 is 1.40 bits per heavy atom. The number of ether oxygens (including phenoxy) is 2. The largest absolute Gasteiger partial charge is 0.466 e. The van der Waals surface area contributed by atoms with Crippen molar-refractivity contribution in [1.29, 1.82) is 0 Å². The molecule has 1 saturated heterocycles. The van der Waals surface area contributed by atoms with Crippen LogP contribution in [0.2, 0.25) is 0 Å². The fourth-order valence-electron chi connectivity index (χ4n) is 2.56. The second kappa shape index (κ2) is 11.0.